The van der Waals surface area contributed by atoms with E-state index in [9.17, 15) is 4.79 Å². The fourth-order valence-corrected chi connectivity index (χ4v) is 2.54. The van der Waals surface area contributed by atoms with Gasteiger partial charge in [0.05, 0.1) is 17.7 Å². The van der Waals surface area contributed by atoms with Gasteiger partial charge in [0.15, 0.2) is 0 Å². The maximum atomic E-state index is 10.5. The lowest BCUT2D eigenvalue weighted by Crippen LogP contribution is -1.85. The van der Waals surface area contributed by atoms with Gasteiger partial charge in [-0.25, -0.2) is 9.78 Å². The Labute approximate surface area is 115 Å². The number of ether oxygens (including phenoxy) is 1. The molecule has 0 atom stereocenters. The zero-order valence-corrected chi connectivity index (χ0v) is 11.4. The van der Waals surface area contributed by atoms with Gasteiger partial charge in [-0.3, -0.25) is 0 Å². The van der Waals surface area contributed by atoms with Crippen LogP contribution in [-0.4, -0.2) is 23.2 Å². The minimum absolute atomic E-state index is 0.794. The molecule has 0 spiro atoms. The zero-order chi connectivity index (χ0) is 13.8. The molecule has 2 aromatic rings. The normalized spacial score (nSPS) is 10.8. The van der Waals surface area contributed by atoms with Crippen molar-refractivity contribution in [1.29, 1.82) is 0 Å². The lowest BCUT2D eigenvalue weighted by Gasteiger charge is -1.99. The molecule has 1 aromatic heterocycles. The highest BCUT2D eigenvalue weighted by atomic mass is 32.1. The van der Waals surface area contributed by atoms with E-state index in [-0.39, 0.29) is 0 Å². The fourth-order valence-electron chi connectivity index (χ4n) is 1.57. The van der Waals surface area contributed by atoms with E-state index in [2.05, 4.69) is 4.98 Å². The average Bonchev–Trinajstić information content (AvgIpc) is 2.78. The highest BCUT2D eigenvalue weighted by Gasteiger charge is 2.07. The Morgan fingerprint density at radius 2 is 2.05 bits per heavy atom. The molecular formula is C14H13NO3S. The predicted molar refractivity (Wildman–Crippen MR) is 75.5 cm³/mol. The molecular weight excluding hydrogens is 262 g/mol. The van der Waals surface area contributed by atoms with Crippen molar-refractivity contribution < 1.29 is 14.6 Å². The van der Waals surface area contributed by atoms with Gasteiger partial charge in [0.25, 0.3) is 0 Å². The topological polar surface area (TPSA) is 59.4 Å². The van der Waals surface area contributed by atoms with Crippen molar-refractivity contribution >= 4 is 23.4 Å². The van der Waals surface area contributed by atoms with Crippen LogP contribution in [-0.2, 0) is 4.79 Å². The molecule has 0 radical (unpaired) electrons. The predicted octanol–water partition coefficient (Wildman–Crippen LogP) is 3.22. The quantitative estimate of drug-likeness (QED) is 0.870. The van der Waals surface area contributed by atoms with Crippen LogP contribution in [0.25, 0.3) is 16.6 Å². The Hall–Kier alpha value is -2.14. The Morgan fingerprint density at radius 1 is 1.37 bits per heavy atom. The summed E-state index contributed by atoms with van der Waals surface area (Å²) >= 11 is 1.47. The smallest absolute Gasteiger partial charge is 0.328 e. The molecule has 0 aliphatic rings. The second-order valence-electron chi connectivity index (χ2n) is 3.87. The number of hydrogen-bond acceptors (Lipinski definition) is 4. The molecule has 19 heavy (non-hydrogen) atoms. The van der Waals surface area contributed by atoms with E-state index < -0.39 is 5.97 Å². The zero-order valence-electron chi connectivity index (χ0n) is 10.6. The van der Waals surface area contributed by atoms with E-state index >= 15 is 0 Å². The molecule has 0 amide bonds. The third-order valence-corrected chi connectivity index (χ3v) is 3.72. The Morgan fingerprint density at radius 3 is 2.63 bits per heavy atom. The van der Waals surface area contributed by atoms with E-state index in [1.165, 1.54) is 11.3 Å². The number of nitrogens with zero attached hydrogens (tertiary/aromatic N) is 1. The largest absolute Gasteiger partial charge is 0.497 e. The van der Waals surface area contributed by atoms with Crippen molar-refractivity contribution in [2.45, 2.75) is 6.92 Å². The van der Waals surface area contributed by atoms with Crippen molar-refractivity contribution in [2.24, 2.45) is 0 Å². The first kappa shape index (κ1) is 13.3. The number of aromatic nitrogens is 1. The molecule has 1 heterocycles. The number of hydrogen-bond donors (Lipinski definition) is 1. The Balaban J connectivity index is 2.30. The molecule has 1 aromatic carbocycles. The van der Waals surface area contributed by atoms with Crippen molar-refractivity contribution in [3.63, 3.8) is 0 Å². The molecule has 1 N–H and O–H groups in total. The second kappa shape index (κ2) is 5.67. The van der Waals surface area contributed by atoms with Crippen LogP contribution in [0.4, 0.5) is 0 Å². The van der Waals surface area contributed by atoms with Gasteiger partial charge >= 0.3 is 5.97 Å². The highest BCUT2D eigenvalue weighted by molar-refractivity contribution is 7.16. The molecule has 0 fully saturated rings. The summed E-state index contributed by atoms with van der Waals surface area (Å²) in [5.41, 5.74) is 1.82. The minimum Gasteiger partial charge on any atom is -0.497 e. The third-order valence-electron chi connectivity index (χ3n) is 2.55. The molecule has 0 saturated heterocycles. The van der Waals surface area contributed by atoms with Gasteiger partial charge in [0, 0.05) is 11.6 Å². The van der Waals surface area contributed by atoms with Crippen LogP contribution in [0.3, 0.4) is 0 Å². The molecule has 2 rings (SSSR count). The van der Waals surface area contributed by atoms with E-state index in [0.29, 0.717) is 0 Å². The first-order chi connectivity index (χ1) is 9.10. The van der Waals surface area contributed by atoms with Gasteiger partial charge < -0.3 is 9.84 Å². The van der Waals surface area contributed by atoms with E-state index in [1.54, 1.807) is 13.2 Å². The molecule has 0 saturated carbocycles. The summed E-state index contributed by atoms with van der Waals surface area (Å²) < 4.78 is 5.11. The Kier molecular flexibility index (Phi) is 3.97. The van der Waals surface area contributed by atoms with Gasteiger partial charge in [-0.05, 0) is 37.3 Å². The lowest BCUT2D eigenvalue weighted by atomic mass is 10.2. The van der Waals surface area contributed by atoms with Crippen LogP contribution in [0.1, 0.15) is 10.6 Å². The van der Waals surface area contributed by atoms with Gasteiger partial charge in [0.2, 0.25) is 0 Å². The van der Waals surface area contributed by atoms with Crippen molar-refractivity contribution in [3.8, 4) is 16.3 Å². The van der Waals surface area contributed by atoms with Crippen LogP contribution >= 0.6 is 11.3 Å². The lowest BCUT2D eigenvalue weighted by molar-refractivity contribution is -0.131. The summed E-state index contributed by atoms with van der Waals surface area (Å²) in [6.07, 6.45) is 2.70. The van der Waals surface area contributed by atoms with Crippen LogP contribution in [0.2, 0.25) is 0 Å². The molecule has 0 aliphatic heterocycles. The molecule has 0 unspecified atom stereocenters. The summed E-state index contributed by atoms with van der Waals surface area (Å²) in [6.45, 7) is 1.87. The van der Waals surface area contributed by atoms with E-state index in [4.69, 9.17) is 9.84 Å². The molecule has 0 bridgehead atoms. The van der Waals surface area contributed by atoms with Gasteiger partial charge in [-0.1, -0.05) is 0 Å². The number of carboxylic acids is 1. The van der Waals surface area contributed by atoms with E-state index in [1.807, 2.05) is 31.2 Å². The summed E-state index contributed by atoms with van der Waals surface area (Å²) in [5, 5.41) is 9.50. The van der Waals surface area contributed by atoms with Crippen molar-refractivity contribution in [1.82, 2.24) is 4.98 Å². The fraction of sp³-hybridized carbons (Fsp3) is 0.143. The number of benzene rings is 1. The van der Waals surface area contributed by atoms with Crippen molar-refractivity contribution in [3.05, 3.63) is 40.9 Å². The summed E-state index contributed by atoms with van der Waals surface area (Å²) in [4.78, 5) is 15.8. The number of carbonyl (C=O) groups is 1. The SMILES string of the molecule is COc1ccc(-c2nc(C)c(/C=C/C(=O)O)s2)cc1. The first-order valence-corrected chi connectivity index (χ1v) is 6.44. The minimum atomic E-state index is -0.959. The number of rotatable bonds is 4. The second-order valence-corrected chi connectivity index (χ2v) is 4.90. The molecule has 0 aliphatic carbocycles. The molecule has 4 nitrogen and oxygen atoms in total. The van der Waals surface area contributed by atoms with Gasteiger partial charge in [0.1, 0.15) is 10.8 Å². The molecule has 98 valence electrons. The van der Waals surface area contributed by atoms with Crippen LogP contribution in [0.5, 0.6) is 5.75 Å². The summed E-state index contributed by atoms with van der Waals surface area (Å²) in [7, 11) is 1.62. The first-order valence-electron chi connectivity index (χ1n) is 5.63. The van der Waals surface area contributed by atoms with E-state index in [0.717, 1.165) is 33.0 Å². The average molecular weight is 275 g/mol. The van der Waals surface area contributed by atoms with Crippen LogP contribution in [0.15, 0.2) is 30.3 Å². The molecule has 5 heteroatoms. The monoisotopic (exact) mass is 275 g/mol. The Bertz CT molecular complexity index is 614. The van der Waals surface area contributed by atoms with Crippen molar-refractivity contribution in [2.75, 3.05) is 7.11 Å². The van der Waals surface area contributed by atoms with Gasteiger partial charge in [-0.15, -0.1) is 11.3 Å². The van der Waals surface area contributed by atoms with Crippen LogP contribution in [0, 0.1) is 6.92 Å². The van der Waals surface area contributed by atoms with Crippen LogP contribution < -0.4 is 4.74 Å². The van der Waals surface area contributed by atoms with Gasteiger partial charge in [-0.2, -0.15) is 0 Å². The number of thiazole rings is 1. The number of aryl methyl sites for hydroxylation is 1. The highest BCUT2D eigenvalue weighted by Crippen LogP contribution is 2.29. The maximum Gasteiger partial charge on any atom is 0.328 e. The standard InChI is InChI=1S/C14H13NO3S/c1-9-12(7-8-13(16)17)19-14(15-9)10-3-5-11(18-2)6-4-10/h3-8H,1-2H3,(H,16,17)/b8-7+. The number of carboxylic acid groups (broad SMARTS) is 1. The number of aliphatic carboxylic acids is 1. The summed E-state index contributed by atoms with van der Waals surface area (Å²) in [5.74, 6) is -0.165. The number of methoxy groups -OCH3 is 1. The maximum absolute atomic E-state index is 10.5. The third kappa shape index (κ3) is 3.20. The summed E-state index contributed by atoms with van der Waals surface area (Å²) in [6, 6.07) is 7.61.